The highest BCUT2D eigenvalue weighted by Gasteiger charge is 2.26. The van der Waals surface area contributed by atoms with E-state index >= 15 is 0 Å². The first-order valence-corrected chi connectivity index (χ1v) is 8.22. The highest BCUT2D eigenvalue weighted by atomic mass is 16.5. The van der Waals surface area contributed by atoms with Crippen molar-refractivity contribution in [2.75, 3.05) is 12.5 Å². The summed E-state index contributed by atoms with van der Waals surface area (Å²) in [5.74, 6) is 0.684. The molecule has 0 saturated carbocycles. The van der Waals surface area contributed by atoms with E-state index in [0.29, 0.717) is 30.3 Å². The van der Waals surface area contributed by atoms with E-state index in [4.69, 9.17) is 9.15 Å². The van der Waals surface area contributed by atoms with Gasteiger partial charge in [-0.25, -0.2) is 14.8 Å². The topological polar surface area (TPSA) is 122 Å². The smallest absolute Gasteiger partial charge is 0.426 e. The quantitative estimate of drug-likeness (QED) is 0.506. The van der Waals surface area contributed by atoms with Gasteiger partial charge in [0.05, 0.1) is 30.1 Å². The highest BCUT2D eigenvalue weighted by Crippen LogP contribution is 2.36. The SMILES string of the molecule is COc1c(-c2cnco2)ccc(NN(C(=O)O)C(C=O)CC(C)C)c1C=O. The lowest BCUT2D eigenvalue weighted by atomic mass is 10.0. The number of carbonyl (C=O) groups excluding carboxylic acids is 2. The average molecular weight is 375 g/mol. The van der Waals surface area contributed by atoms with Crippen LogP contribution in [-0.4, -0.2) is 46.9 Å². The summed E-state index contributed by atoms with van der Waals surface area (Å²) in [4.78, 5) is 38.6. The molecule has 9 nitrogen and oxygen atoms in total. The van der Waals surface area contributed by atoms with Crippen molar-refractivity contribution in [2.24, 2.45) is 5.92 Å². The summed E-state index contributed by atoms with van der Waals surface area (Å²) >= 11 is 0. The van der Waals surface area contributed by atoms with E-state index in [0.717, 1.165) is 5.01 Å². The molecular formula is C18H21N3O6. The molecule has 9 heteroatoms. The Hall–Kier alpha value is -3.36. The van der Waals surface area contributed by atoms with Gasteiger partial charge in [-0.3, -0.25) is 10.2 Å². The van der Waals surface area contributed by atoms with Crippen LogP contribution < -0.4 is 10.2 Å². The molecule has 1 atom stereocenters. The van der Waals surface area contributed by atoms with Crippen LogP contribution in [0.25, 0.3) is 11.3 Å². The molecule has 0 aliphatic carbocycles. The lowest BCUT2D eigenvalue weighted by Crippen LogP contribution is -2.45. The normalized spacial score (nSPS) is 11.7. The number of aromatic nitrogens is 1. The number of nitrogens with zero attached hydrogens (tertiary/aromatic N) is 2. The van der Waals surface area contributed by atoms with E-state index < -0.39 is 12.1 Å². The number of benzene rings is 1. The van der Waals surface area contributed by atoms with Crippen LogP contribution in [0.3, 0.4) is 0 Å². The highest BCUT2D eigenvalue weighted by molar-refractivity contribution is 5.93. The number of oxazole rings is 1. The molecule has 1 aromatic heterocycles. The number of carboxylic acid groups (broad SMARTS) is 1. The third kappa shape index (κ3) is 4.43. The molecule has 0 bridgehead atoms. The van der Waals surface area contributed by atoms with Crippen molar-refractivity contribution >= 4 is 24.4 Å². The molecule has 0 spiro atoms. The number of aldehydes is 2. The van der Waals surface area contributed by atoms with Gasteiger partial charge in [0.25, 0.3) is 0 Å². The molecule has 144 valence electrons. The minimum absolute atomic E-state index is 0.0897. The van der Waals surface area contributed by atoms with Gasteiger partial charge in [-0.05, 0) is 24.5 Å². The number of hydrogen-bond donors (Lipinski definition) is 2. The Morgan fingerprint density at radius 1 is 1.41 bits per heavy atom. The minimum atomic E-state index is -1.34. The average Bonchev–Trinajstić information content (AvgIpc) is 3.17. The summed E-state index contributed by atoms with van der Waals surface area (Å²) < 4.78 is 10.6. The van der Waals surface area contributed by atoms with Crippen LogP contribution in [0.4, 0.5) is 10.5 Å². The van der Waals surface area contributed by atoms with Gasteiger partial charge in [-0.1, -0.05) is 13.8 Å². The molecule has 0 aliphatic rings. The Balaban J connectivity index is 2.46. The molecule has 1 unspecified atom stereocenters. The molecule has 1 heterocycles. The van der Waals surface area contributed by atoms with Gasteiger partial charge in [0.15, 0.2) is 18.4 Å². The monoisotopic (exact) mass is 375 g/mol. The van der Waals surface area contributed by atoms with Crippen LogP contribution in [0.1, 0.15) is 30.6 Å². The van der Waals surface area contributed by atoms with Gasteiger partial charge in [0.2, 0.25) is 0 Å². The van der Waals surface area contributed by atoms with Crippen LogP contribution in [0.15, 0.2) is 29.1 Å². The van der Waals surface area contributed by atoms with E-state index in [-0.39, 0.29) is 22.9 Å². The first-order chi connectivity index (χ1) is 12.9. The first-order valence-electron chi connectivity index (χ1n) is 8.22. The molecule has 27 heavy (non-hydrogen) atoms. The molecule has 0 aliphatic heterocycles. The van der Waals surface area contributed by atoms with E-state index in [1.807, 2.05) is 13.8 Å². The predicted octanol–water partition coefficient (Wildman–Crippen LogP) is 3.08. The van der Waals surface area contributed by atoms with Crippen molar-refractivity contribution in [2.45, 2.75) is 26.3 Å². The van der Waals surface area contributed by atoms with Gasteiger partial charge < -0.3 is 19.1 Å². The fourth-order valence-electron chi connectivity index (χ4n) is 2.68. The van der Waals surface area contributed by atoms with Crippen LogP contribution in [-0.2, 0) is 4.79 Å². The predicted molar refractivity (Wildman–Crippen MR) is 96.7 cm³/mol. The number of methoxy groups -OCH3 is 1. The summed E-state index contributed by atoms with van der Waals surface area (Å²) in [7, 11) is 1.38. The maximum Gasteiger partial charge on any atom is 0.426 e. The lowest BCUT2D eigenvalue weighted by molar-refractivity contribution is -0.112. The van der Waals surface area contributed by atoms with Crippen molar-refractivity contribution in [3.63, 3.8) is 0 Å². The van der Waals surface area contributed by atoms with Gasteiger partial charge in [0, 0.05) is 0 Å². The first kappa shape index (κ1) is 20.0. The summed E-state index contributed by atoms with van der Waals surface area (Å²) in [5.41, 5.74) is 3.40. The summed E-state index contributed by atoms with van der Waals surface area (Å²) in [6.45, 7) is 3.76. The number of hydrogen-bond acceptors (Lipinski definition) is 7. The van der Waals surface area contributed by atoms with Gasteiger partial charge in [-0.2, -0.15) is 0 Å². The Labute approximate surface area is 155 Å². The Kier molecular flexibility index (Phi) is 6.53. The molecule has 1 aromatic carbocycles. The Bertz CT molecular complexity index is 804. The minimum Gasteiger partial charge on any atom is -0.495 e. The fraction of sp³-hybridized carbons (Fsp3) is 0.333. The molecule has 0 saturated heterocycles. The molecule has 1 amide bonds. The van der Waals surface area contributed by atoms with Crippen LogP contribution >= 0.6 is 0 Å². The zero-order chi connectivity index (χ0) is 20.0. The van der Waals surface area contributed by atoms with Crippen molar-refractivity contribution < 1.29 is 28.6 Å². The Morgan fingerprint density at radius 2 is 2.15 bits per heavy atom. The van der Waals surface area contributed by atoms with E-state index in [1.54, 1.807) is 6.07 Å². The third-order valence-corrected chi connectivity index (χ3v) is 3.86. The number of carbonyl (C=O) groups is 3. The summed E-state index contributed by atoms with van der Waals surface area (Å²) in [6.07, 6.45) is 2.79. The zero-order valence-corrected chi connectivity index (χ0v) is 15.2. The molecule has 0 fully saturated rings. The largest absolute Gasteiger partial charge is 0.495 e. The summed E-state index contributed by atoms with van der Waals surface area (Å²) in [5, 5.41) is 10.3. The van der Waals surface area contributed by atoms with E-state index in [9.17, 15) is 19.5 Å². The number of rotatable bonds is 9. The number of hydrazine groups is 1. The van der Waals surface area contributed by atoms with Crippen LogP contribution in [0, 0.1) is 5.92 Å². The third-order valence-electron chi connectivity index (χ3n) is 3.86. The maximum atomic E-state index is 11.7. The Morgan fingerprint density at radius 3 is 2.63 bits per heavy atom. The van der Waals surface area contributed by atoms with E-state index in [1.165, 1.54) is 25.8 Å². The van der Waals surface area contributed by atoms with Crippen molar-refractivity contribution in [1.29, 1.82) is 0 Å². The second-order valence-corrected chi connectivity index (χ2v) is 6.19. The van der Waals surface area contributed by atoms with Crippen molar-refractivity contribution in [3.8, 4) is 17.1 Å². The van der Waals surface area contributed by atoms with Gasteiger partial charge in [0.1, 0.15) is 18.1 Å². The number of amides is 1. The second-order valence-electron chi connectivity index (χ2n) is 6.19. The molecular weight excluding hydrogens is 354 g/mol. The van der Waals surface area contributed by atoms with Gasteiger partial charge >= 0.3 is 6.09 Å². The van der Waals surface area contributed by atoms with Crippen molar-refractivity contribution in [1.82, 2.24) is 9.99 Å². The molecule has 0 radical (unpaired) electrons. The molecule has 2 aromatic rings. The number of anilines is 1. The number of ether oxygens (including phenoxy) is 1. The standard InChI is InChI=1S/C18H21N3O6/c1-11(2)6-12(8-22)21(18(24)25)20-15-5-4-13(16-7-19-10-27-16)17(26-3)14(15)9-23/h4-5,7-12,20H,6H2,1-3H3,(H,24,25). The van der Waals surface area contributed by atoms with E-state index in [2.05, 4.69) is 10.4 Å². The van der Waals surface area contributed by atoms with Crippen molar-refractivity contribution in [3.05, 3.63) is 30.3 Å². The second kappa shape index (κ2) is 8.84. The molecule has 2 N–H and O–H groups in total. The van der Waals surface area contributed by atoms with Crippen LogP contribution in [0.5, 0.6) is 5.75 Å². The van der Waals surface area contributed by atoms with Crippen LogP contribution in [0.2, 0.25) is 0 Å². The summed E-state index contributed by atoms with van der Waals surface area (Å²) in [6, 6.07) is 2.20. The fourth-order valence-corrected chi connectivity index (χ4v) is 2.68. The maximum absolute atomic E-state index is 11.7. The number of nitrogens with one attached hydrogen (secondary N) is 1. The van der Waals surface area contributed by atoms with Gasteiger partial charge in [-0.15, -0.1) is 0 Å². The molecule has 2 rings (SSSR count). The zero-order valence-electron chi connectivity index (χ0n) is 15.2. The lowest BCUT2D eigenvalue weighted by Gasteiger charge is -2.28.